The summed E-state index contributed by atoms with van der Waals surface area (Å²) in [5.41, 5.74) is 3.16. The minimum atomic E-state index is -0.185. The van der Waals surface area contributed by atoms with Gasteiger partial charge < -0.3 is 4.74 Å². The highest BCUT2D eigenvalue weighted by atomic mass is 16.5. The minimum absolute atomic E-state index is 0.185. The Morgan fingerprint density at radius 1 is 1.26 bits per heavy atom. The second-order valence-electron chi connectivity index (χ2n) is 4.85. The predicted octanol–water partition coefficient (Wildman–Crippen LogP) is 2.99. The van der Waals surface area contributed by atoms with E-state index in [0.717, 1.165) is 5.75 Å². The molecule has 0 aliphatic heterocycles. The number of rotatable bonds is 4. The van der Waals surface area contributed by atoms with Gasteiger partial charge in [0.2, 0.25) is 0 Å². The van der Waals surface area contributed by atoms with Gasteiger partial charge in [-0.25, -0.2) is 5.43 Å². The van der Waals surface area contributed by atoms with Gasteiger partial charge in [-0.2, -0.15) is 5.10 Å². The van der Waals surface area contributed by atoms with Gasteiger partial charge in [0.25, 0.3) is 5.91 Å². The van der Waals surface area contributed by atoms with E-state index < -0.39 is 0 Å². The fraction of sp³-hybridized carbons (Fsp3) is 0.467. The van der Waals surface area contributed by atoms with Crippen LogP contribution in [0.5, 0.6) is 5.75 Å². The third kappa shape index (κ3) is 4.09. The number of amides is 1. The van der Waals surface area contributed by atoms with Gasteiger partial charge in [0.05, 0.1) is 7.11 Å². The Morgan fingerprint density at radius 3 is 2.58 bits per heavy atom. The molecule has 1 aromatic carbocycles. The molecule has 4 heteroatoms. The molecule has 1 aliphatic rings. The molecule has 2 rings (SSSR count). The van der Waals surface area contributed by atoms with Crippen molar-refractivity contribution in [3.63, 3.8) is 0 Å². The minimum Gasteiger partial charge on any atom is -0.497 e. The molecule has 0 bridgehead atoms. The van der Waals surface area contributed by atoms with Crippen molar-refractivity contribution in [3.8, 4) is 5.75 Å². The van der Waals surface area contributed by atoms with E-state index in [2.05, 4.69) is 10.5 Å². The zero-order chi connectivity index (χ0) is 13.5. The van der Waals surface area contributed by atoms with Crippen LogP contribution in [0.15, 0.2) is 29.4 Å². The zero-order valence-electron chi connectivity index (χ0n) is 11.3. The molecule has 102 valence electrons. The number of carbonyl (C=O) groups excluding carboxylic acids is 1. The summed E-state index contributed by atoms with van der Waals surface area (Å²) >= 11 is 0. The maximum Gasteiger partial charge on any atom is 0.271 e. The highest BCUT2D eigenvalue weighted by Crippen LogP contribution is 2.21. The summed E-state index contributed by atoms with van der Waals surface area (Å²) in [6, 6.07) is 6.98. The van der Waals surface area contributed by atoms with Crippen LogP contribution in [0, 0.1) is 5.92 Å². The topological polar surface area (TPSA) is 50.7 Å². The Bertz CT molecular complexity index is 434. The summed E-state index contributed by atoms with van der Waals surface area (Å²) in [4.78, 5) is 11.8. The first-order valence-corrected chi connectivity index (χ1v) is 6.77. The van der Waals surface area contributed by atoms with E-state index in [1.165, 1.54) is 32.1 Å². The number of nitrogens with one attached hydrogen (secondary N) is 1. The normalized spacial score (nSPS) is 16.5. The van der Waals surface area contributed by atoms with Crippen LogP contribution in [-0.2, 0) is 0 Å². The lowest BCUT2D eigenvalue weighted by atomic mass is 9.90. The van der Waals surface area contributed by atoms with E-state index in [9.17, 15) is 4.79 Å². The molecule has 19 heavy (non-hydrogen) atoms. The maximum absolute atomic E-state index is 11.8. The van der Waals surface area contributed by atoms with Crippen LogP contribution >= 0.6 is 0 Å². The Labute approximate surface area is 113 Å². The molecule has 0 radical (unpaired) electrons. The molecule has 1 fully saturated rings. The molecule has 0 spiro atoms. The van der Waals surface area contributed by atoms with Crippen molar-refractivity contribution < 1.29 is 9.53 Å². The summed E-state index contributed by atoms with van der Waals surface area (Å²) in [5.74, 6) is 1.07. The van der Waals surface area contributed by atoms with Crippen LogP contribution in [0.2, 0.25) is 0 Å². The van der Waals surface area contributed by atoms with Crippen molar-refractivity contribution in [2.75, 3.05) is 7.11 Å². The number of nitrogens with zero attached hydrogens (tertiary/aromatic N) is 1. The third-order valence-corrected chi connectivity index (χ3v) is 3.45. The van der Waals surface area contributed by atoms with Crippen molar-refractivity contribution in [2.24, 2.45) is 11.0 Å². The van der Waals surface area contributed by atoms with Crippen LogP contribution in [0.4, 0.5) is 0 Å². The quantitative estimate of drug-likeness (QED) is 0.668. The van der Waals surface area contributed by atoms with Gasteiger partial charge in [-0.15, -0.1) is 0 Å². The molecule has 1 N–H and O–H groups in total. The Kier molecular flexibility index (Phi) is 4.95. The highest BCUT2D eigenvalue weighted by molar-refractivity contribution is 5.94. The average Bonchev–Trinajstić information content (AvgIpc) is 2.48. The van der Waals surface area contributed by atoms with Gasteiger partial charge in [0.1, 0.15) is 5.75 Å². The van der Waals surface area contributed by atoms with Gasteiger partial charge in [0, 0.05) is 11.8 Å². The first kappa shape index (κ1) is 13.6. The summed E-state index contributed by atoms with van der Waals surface area (Å²) < 4.78 is 5.05. The molecule has 1 aromatic rings. The summed E-state index contributed by atoms with van der Waals surface area (Å²) in [5, 5.41) is 4.06. The van der Waals surface area contributed by atoms with Gasteiger partial charge in [-0.1, -0.05) is 19.3 Å². The molecule has 1 amide bonds. The average molecular weight is 260 g/mol. The summed E-state index contributed by atoms with van der Waals surface area (Å²) in [6.07, 6.45) is 8.10. The van der Waals surface area contributed by atoms with E-state index in [1.54, 1.807) is 31.4 Å². The fourth-order valence-electron chi connectivity index (χ4n) is 2.29. The van der Waals surface area contributed by atoms with E-state index >= 15 is 0 Å². The number of benzene rings is 1. The number of hydrogen-bond acceptors (Lipinski definition) is 3. The van der Waals surface area contributed by atoms with E-state index in [1.807, 2.05) is 6.21 Å². The molecule has 1 saturated carbocycles. The lowest BCUT2D eigenvalue weighted by Gasteiger charge is -2.16. The van der Waals surface area contributed by atoms with E-state index in [-0.39, 0.29) is 5.91 Å². The molecule has 0 heterocycles. The predicted molar refractivity (Wildman–Crippen MR) is 75.5 cm³/mol. The van der Waals surface area contributed by atoms with Crippen molar-refractivity contribution in [3.05, 3.63) is 29.8 Å². The largest absolute Gasteiger partial charge is 0.497 e. The van der Waals surface area contributed by atoms with Crippen LogP contribution in [-0.4, -0.2) is 19.2 Å². The standard InChI is InChI=1S/C15H20N2O2/c1-19-14-9-7-13(8-10-14)15(18)17-16-11-12-5-3-2-4-6-12/h7-12H,2-6H2,1H3,(H,17,18). The number of methoxy groups -OCH3 is 1. The van der Waals surface area contributed by atoms with Crippen LogP contribution in [0.3, 0.4) is 0 Å². The fourth-order valence-corrected chi connectivity index (χ4v) is 2.29. The van der Waals surface area contributed by atoms with Gasteiger partial charge in [0.15, 0.2) is 0 Å². The van der Waals surface area contributed by atoms with Gasteiger partial charge >= 0.3 is 0 Å². The van der Waals surface area contributed by atoms with E-state index in [4.69, 9.17) is 4.74 Å². The maximum atomic E-state index is 11.8. The zero-order valence-corrected chi connectivity index (χ0v) is 11.3. The van der Waals surface area contributed by atoms with Crippen molar-refractivity contribution >= 4 is 12.1 Å². The Hall–Kier alpha value is -1.84. The molecule has 4 nitrogen and oxygen atoms in total. The van der Waals surface area contributed by atoms with Crippen LogP contribution < -0.4 is 10.2 Å². The molecule has 0 saturated heterocycles. The summed E-state index contributed by atoms with van der Waals surface area (Å²) in [7, 11) is 1.60. The second kappa shape index (κ2) is 6.92. The van der Waals surface area contributed by atoms with E-state index in [0.29, 0.717) is 11.5 Å². The number of ether oxygens (including phenoxy) is 1. The Balaban J connectivity index is 1.84. The first-order chi connectivity index (χ1) is 9.29. The van der Waals surface area contributed by atoms with Gasteiger partial charge in [-0.05, 0) is 43.0 Å². The molecule has 0 unspecified atom stereocenters. The highest BCUT2D eigenvalue weighted by Gasteiger charge is 2.11. The smallest absolute Gasteiger partial charge is 0.271 e. The molecule has 0 aromatic heterocycles. The van der Waals surface area contributed by atoms with Crippen molar-refractivity contribution in [1.82, 2.24) is 5.43 Å². The molecular weight excluding hydrogens is 240 g/mol. The third-order valence-electron chi connectivity index (χ3n) is 3.45. The lowest BCUT2D eigenvalue weighted by molar-refractivity contribution is 0.0955. The van der Waals surface area contributed by atoms with Crippen molar-refractivity contribution in [1.29, 1.82) is 0 Å². The van der Waals surface area contributed by atoms with Gasteiger partial charge in [-0.3, -0.25) is 4.79 Å². The second-order valence-corrected chi connectivity index (χ2v) is 4.85. The number of hydrazone groups is 1. The number of carbonyl (C=O) groups is 1. The lowest BCUT2D eigenvalue weighted by Crippen LogP contribution is -2.19. The number of hydrogen-bond donors (Lipinski definition) is 1. The van der Waals surface area contributed by atoms with Crippen molar-refractivity contribution in [2.45, 2.75) is 32.1 Å². The molecule has 1 aliphatic carbocycles. The first-order valence-electron chi connectivity index (χ1n) is 6.77. The molecule has 0 atom stereocenters. The van der Waals surface area contributed by atoms with Crippen LogP contribution in [0.1, 0.15) is 42.5 Å². The summed E-state index contributed by atoms with van der Waals surface area (Å²) in [6.45, 7) is 0. The molecular formula is C15H20N2O2. The van der Waals surface area contributed by atoms with Crippen LogP contribution in [0.25, 0.3) is 0 Å². The Morgan fingerprint density at radius 2 is 1.95 bits per heavy atom. The SMILES string of the molecule is COc1ccc(C(=O)NN=CC2CCCCC2)cc1. The monoisotopic (exact) mass is 260 g/mol.